The van der Waals surface area contributed by atoms with Crippen molar-refractivity contribution >= 4 is 102 Å². The molecule has 4 nitrogen and oxygen atoms in total. The van der Waals surface area contributed by atoms with Gasteiger partial charge in [0.25, 0.3) is 0 Å². The fourth-order valence-corrected chi connectivity index (χ4v) is 0. The van der Waals surface area contributed by atoms with E-state index in [9.17, 15) is 0 Å². The largest absolute Gasteiger partial charge is 0.316 e. The van der Waals surface area contributed by atoms with Crippen LogP contribution in [0.3, 0.4) is 0 Å². The van der Waals surface area contributed by atoms with Gasteiger partial charge in [-0.1, -0.05) is 0 Å². The Hall–Kier alpha value is 2.99. The van der Waals surface area contributed by atoms with E-state index in [1.54, 1.807) is 0 Å². The first-order chi connectivity index (χ1) is 2.00. The molecule has 0 unspecified atom stereocenters. The summed E-state index contributed by atoms with van der Waals surface area (Å²) >= 11 is 0. The van der Waals surface area contributed by atoms with Crippen molar-refractivity contribution in [2.24, 2.45) is 0 Å². The summed E-state index contributed by atoms with van der Waals surface area (Å²) in [7, 11) is -4.61. The van der Waals surface area contributed by atoms with Gasteiger partial charge in [0.15, 0.2) is 0 Å². The van der Waals surface area contributed by atoms with E-state index in [1.165, 1.54) is 0 Å². The molecular weight excluding hydrogens is 181 g/mol. The van der Waals surface area contributed by atoms with Crippen molar-refractivity contribution in [1.82, 2.24) is 0 Å². The monoisotopic (exact) mass is 190 g/mol. The predicted molar refractivity (Wildman–Crippen MR) is 40.0 cm³/mol. The smallest absolute Gasteiger partial charge is 0.316 e. The number of rotatable bonds is 0. The molecule has 0 saturated carbocycles. The minimum absolute atomic E-state index is 0. The Kier molecular flexibility index (Phi) is 44.7. The summed E-state index contributed by atoms with van der Waals surface area (Å²) in [5, 5.41) is 0. The minimum Gasteiger partial charge on any atom is 0.316 e. The van der Waals surface area contributed by atoms with Gasteiger partial charge in [-0.05, 0) is 0 Å². The van der Waals surface area contributed by atoms with Crippen molar-refractivity contribution in [3.8, 4) is 0 Å². The summed E-state index contributed by atoms with van der Waals surface area (Å²) < 4.78 is 0. The Morgan fingerprint density at radius 2 is 0.889 bits per heavy atom. The second kappa shape index (κ2) is 13.6. The van der Waals surface area contributed by atoms with Gasteiger partial charge in [0.05, 0.1) is 0 Å². The Labute approximate surface area is 124 Å². The first-order valence-electron chi connectivity index (χ1n) is 0.894. The zero-order valence-corrected chi connectivity index (χ0v) is 3.70. The molecule has 0 aliphatic rings. The maximum atomic E-state index is 7.33. The van der Waals surface area contributed by atoms with Crippen LogP contribution in [0.15, 0.2) is 0 Å². The van der Waals surface area contributed by atoms with Crippen molar-refractivity contribution in [2.45, 2.75) is 0 Å². The topological polar surface area (TPSA) is 80.9 Å². The van der Waals surface area contributed by atoms with Gasteiger partial charge in [-0.2, -0.15) is 0 Å². The van der Waals surface area contributed by atoms with E-state index in [-0.39, 0.29) is 98.0 Å². The van der Waals surface area contributed by atoms with E-state index >= 15 is 0 Å². The fraction of sp³-hybridized carbons (Fsp3) is 0. The molecule has 0 aliphatic carbocycles. The molecule has 0 bridgehead atoms. The van der Waals surface area contributed by atoms with Gasteiger partial charge in [0, 0.05) is 0 Å². The van der Waals surface area contributed by atoms with Crippen LogP contribution in [0.4, 0.5) is 4.70 Å². The van der Waals surface area contributed by atoms with Gasteiger partial charge < -0.3 is 19.2 Å². The summed E-state index contributed by atoms with van der Waals surface area (Å²) in [6, 6.07) is 0. The first kappa shape index (κ1) is 29.6. The molecular formula is H9FKLiMgO4Si. The second-order valence-electron chi connectivity index (χ2n) is 0.600. The SMILES string of the molecule is F.O[Si](O)(O)O.[KH].[LiH].[MgH2]. The van der Waals surface area contributed by atoms with Crippen LogP contribution in [0.25, 0.3) is 0 Å². The van der Waals surface area contributed by atoms with Crippen LogP contribution in [-0.4, -0.2) is 122 Å². The van der Waals surface area contributed by atoms with E-state index in [2.05, 4.69) is 0 Å². The molecule has 0 rings (SSSR count). The normalized spacial score (nSPS) is 6.67. The van der Waals surface area contributed by atoms with Crippen LogP contribution in [0, 0.1) is 0 Å². The summed E-state index contributed by atoms with van der Waals surface area (Å²) in [5.74, 6) is 0. The molecule has 48 valence electrons. The zero-order chi connectivity index (χ0) is 4.50. The predicted octanol–water partition coefficient (Wildman–Crippen LogP) is -4.67. The molecule has 9 heteroatoms. The van der Waals surface area contributed by atoms with Gasteiger partial charge in [0.2, 0.25) is 0 Å². The van der Waals surface area contributed by atoms with Crippen LogP contribution < -0.4 is 0 Å². The molecule has 0 aromatic heterocycles. The first-order valence-corrected chi connectivity index (χ1v) is 2.68. The van der Waals surface area contributed by atoms with Crippen LogP contribution in [0.2, 0.25) is 0 Å². The summed E-state index contributed by atoms with van der Waals surface area (Å²) in [6.07, 6.45) is 0. The van der Waals surface area contributed by atoms with E-state index in [1.807, 2.05) is 0 Å². The number of hydrogen-bond acceptors (Lipinski definition) is 4. The van der Waals surface area contributed by atoms with E-state index < -0.39 is 9.05 Å². The molecule has 0 aromatic rings. The van der Waals surface area contributed by atoms with Gasteiger partial charge in [0.1, 0.15) is 0 Å². The molecule has 9 heavy (non-hydrogen) atoms. The van der Waals surface area contributed by atoms with Crippen LogP contribution >= 0.6 is 0 Å². The third kappa shape index (κ3) is 99.5. The Morgan fingerprint density at radius 1 is 0.889 bits per heavy atom. The Balaban J connectivity index is -0.0000000133. The molecule has 0 heterocycles. The third-order valence-electron chi connectivity index (χ3n) is 0. The summed E-state index contributed by atoms with van der Waals surface area (Å²) in [4.78, 5) is 29.3. The third-order valence-corrected chi connectivity index (χ3v) is 0. The van der Waals surface area contributed by atoms with Gasteiger partial charge in [-0.3, -0.25) is 4.70 Å². The average Bonchev–Trinajstić information content (AvgIpc) is 0.722. The molecule has 0 radical (unpaired) electrons. The van der Waals surface area contributed by atoms with Crippen LogP contribution in [-0.2, 0) is 0 Å². The second-order valence-corrected chi connectivity index (χ2v) is 1.80. The number of hydrogen-bond donors (Lipinski definition) is 4. The Bertz CT molecular complexity index is 36.0. The van der Waals surface area contributed by atoms with Crippen molar-refractivity contribution in [2.75, 3.05) is 0 Å². The fourth-order valence-electron chi connectivity index (χ4n) is 0. The summed E-state index contributed by atoms with van der Waals surface area (Å²) in [6.45, 7) is 0. The molecule has 0 amide bonds. The van der Waals surface area contributed by atoms with Gasteiger partial charge >= 0.3 is 102 Å². The number of halogens is 1. The molecule has 0 fully saturated rings. The summed E-state index contributed by atoms with van der Waals surface area (Å²) in [5.41, 5.74) is 0. The van der Waals surface area contributed by atoms with Crippen LogP contribution in [0.5, 0.6) is 0 Å². The van der Waals surface area contributed by atoms with Crippen molar-refractivity contribution in [1.29, 1.82) is 0 Å². The molecule has 0 atom stereocenters. The average molecular weight is 190 g/mol. The molecule has 0 aromatic carbocycles. The molecule has 0 aliphatic heterocycles. The maximum Gasteiger partial charge on any atom is 0.316 e. The van der Waals surface area contributed by atoms with Gasteiger partial charge in [-0.25, -0.2) is 0 Å². The van der Waals surface area contributed by atoms with E-state index in [4.69, 9.17) is 19.2 Å². The minimum atomic E-state index is -4.61. The standard InChI is InChI=1S/FH.K.Li.Mg.H4O4Si.4H/c;;;;1-5(2,3)4;;;;/h1H;;;;1-4H;;;;. The zero-order valence-electron chi connectivity index (χ0n) is 2.70. The molecule has 0 spiro atoms. The molecule has 4 N–H and O–H groups in total. The van der Waals surface area contributed by atoms with Crippen molar-refractivity contribution < 1.29 is 23.9 Å². The molecule has 0 saturated heterocycles. The maximum absolute atomic E-state index is 7.33. The van der Waals surface area contributed by atoms with Crippen molar-refractivity contribution in [3.63, 3.8) is 0 Å². The Morgan fingerprint density at radius 3 is 0.889 bits per heavy atom. The van der Waals surface area contributed by atoms with Crippen LogP contribution in [0.1, 0.15) is 0 Å². The van der Waals surface area contributed by atoms with E-state index in [0.717, 1.165) is 0 Å². The van der Waals surface area contributed by atoms with Gasteiger partial charge in [-0.15, -0.1) is 0 Å². The van der Waals surface area contributed by atoms with Crippen molar-refractivity contribution in [3.05, 3.63) is 0 Å². The quantitative estimate of drug-likeness (QED) is 0.290. The van der Waals surface area contributed by atoms with E-state index in [0.29, 0.717) is 0 Å².